The summed E-state index contributed by atoms with van der Waals surface area (Å²) in [6.07, 6.45) is -15.6. The predicted octanol–water partition coefficient (Wildman–Crippen LogP) is 6.38. The summed E-state index contributed by atoms with van der Waals surface area (Å²) in [6, 6.07) is 12.0. The van der Waals surface area contributed by atoms with Crippen LogP contribution in [0.5, 0.6) is 17.2 Å². The first-order valence-corrected chi connectivity index (χ1v) is 12.5. The van der Waals surface area contributed by atoms with Crippen LogP contribution >= 0.6 is 0 Å². The first-order chi connectivity index (χ1) is 20.9. The molecule has 17 heteroatoms. The average Bonchev–Trinajstić information content (AvgIpc) is 2.93. The highest BCUT2D eigenvalue weighted by Crippen LogP contribution is 2.38. The van der Waals surface area contributed by atoms with Crippen molar-refractivity contribution in [2.75, 3.05) is 20.3 Å². The molecule has 45 heavy (non-hydrogen) atoms. The summed E-state index contributed by atoms with van der Waals surface area (Å²) < 4.78 is 135. The number of nitrogens with one attached hydrogen (secondary N) is 2. The molecule has 0 unspecified atom stereocenters. The smallest absolute Gasteiger partial charge is 0.482 e. The van der Waals surface area contributed by atoms with Crippen molar-refractivity contribution in [2.45, 2.75) is 30.9 Å². The maximum atomic E-state index is 13.1. The minimum Gasteiger partial charge on any atom is -0.482 e. The van der Waals surface area contributed by atoms with E-state index in [2.05, 4.69) is 19.5 Å². The number of ether oxygens (including phenoxy) is 4. The molecule has 0 aliphatic heterocycles. The minimum absolute atomic E-state index is 0.159. The van der Waals surface area contributed by atoms with E-state index in [0.29, 0.717) is 0 Å². The van der Waals surface area contributed by atoms with Gasteiger partial charge in [-0.2, -0.15) is 13.2 Å². The van der Waals surface area contributed by atoms with E-state index in [1.165, 1.54) is 36.4 Å². The van der Waals surface area contributed by atoms with Crippen LogP contribution in [0.4, 0.5) is 44.3 Å². The highest BCUT2D eigenvalue weighted by molar-refractivity contribution is 5.76. The van der Waals surface area contributed by atoms with Crippen LogP contribution < -0.4 is 24.8 Å². The number of benzene rings is 3. The van der Waals surface area contributed by atoms with Gasteiger partial charge >= 0.3 is 30.9 Å². The van der Waals surface area contributed by atoms with E-state index < -0.39 is 67.5 Å². The number of rotatable bonds is 11. The zero-order valence-electron chi connectivity index (χ0n) is 22.9. The molecular formula is C28H23F9N2O6. The summed E-state index contributed by atoms with van der Waals surface area (Å²) in [5.41, 5.74) is -2.32. The zero-order chi connectivity index (χ0) is 33.5. The molecule has 0 atom stereocenters. The molecule has 0 radical (unpaired) electrons. The summed E-state index contributed by atoms with van der Waals surface area (Å²) in [5, 5.41) is 3.90. The second-order valence-electron chi connectivity index (χ2n) is 9.16. The van der Waals surface area contributed by atoms with Crippen molar-refractivity contribution in [1.29, 1.82) is 0 Å². The van der Waals surface area contributed by atoms with Gasteiger partial charge in [-0.25, -0.2) is 9.59 Å². The molecule has 0 aromatic heterocycles. The summed E-state index contributed by atoms with van der Waals surface area (Å²) in [5.74, 6) is -2.13. The molecule has 3 rings (SSSR count). The van der Waals surface area contributed by atoms with E-state index in [9.17, 15) is 49.1 Å². The second kappa shape index (κ2) is 13.9. The number of hydrogen-bond donors (Lipinski definition) is 2. The van der Waals surface area contributed by atoms with Gasteiger partial charge in [-0.05, 0) is 53.1 Å². The lowest BCUT2D eigenvalue weighted by Gasteiger charge is -2.37. The molecule has 0 heterocycles. The Bertz CT molecular complexity index is 1400. The quantitative estimate of drug-likeness (QED) is 0.184. The maximum absolute atomic E-state index is 13.1. The van der Waals surface area contributed by atoms with Crippen LogP contribution in [-0.2, 0) is 21.5 Å². The van der Waals surface area contributed by atoms with Crippen molar-refractivity contribution < 1.29 is 68.1 Å². The molecule has 3 aromatic carbocycles. The molecule has 0 fully saturated rings. The predicted molar refractivity (Wildman–Crippen MR) is 137 cm³/mol. The SMILES string of the molecule is COC(=O)COc1ccc(CC(NC(=O)NCC(F)(F)F)(c2cccc(OC(F)(F)F)c2)c2cccc(OC(F)(F)F)c2)cc1. The molecule has 0 saturated carbocycles. The van der Waals surface area contributed by atoms with Crippen LogP contribution in [-0.4, -0.2) is 51.2 Å². The third-order valence-corrected chi connectivity index (χ3v) is 5.87. The van der Waals surface area contributed by atoms with Crippen LogP contribution in [0.2, 0.25) is 0 Å². The molecule has 0 aliphatic carbocycles. The van der Waals surface area contributed by atoms with Crippen molar-refractivity contribution in [1.82, 2.24) is 10.6 Å². The van der Waals surface area contributed by atoms with E-state index >= 15 is 0 Å². The van der Waals surface area contributed by atoms with E-state index in [1.54, 1.807) is 5.32 Å². The van der Waals surface area contributed by atoms with Gasteiger partial charge in [0.2, 0.25) is 0 Å². The maximum Gasteiger partial charge on any atom is 0.573 e. The number of methoxy groups -OCH3 is 1. The minimum atomic E-state index is -5.17. The molecule has 3 aromatic rings. The van der Waals surface area contributed by atoms with Crippen molar-refractivity contribution in [3.63, 3.8) is 0 Å². The number of urea groups is 1. The summed E-state index contributed by atoms with van der Waals surface area (Å²) >= 11 is 0. The van der Waals surface area contributed by atoms with Crippen LogP contribution in [0.25, 0.3) is 0 Å². The molecule has 0 saturated heterocycles. The summed E-state index contributed by atoms with van der Waals surface area (Å²) in [4.78, 5) is 24.3. The fourth-order valence-corrected chi connectivity index (χ4v) is 4.11. The normalized spacial score (nSPS) is 12.2. The third-order valence-electron chi connectivity index (χ3n) is 5.87. The van der Waals surface area contributed by atoms with Crippen molar-refractivity contribution in [3.8, 4) is 17.2 Å². The van der Waals surface area contributed by atoms with Crippen LogP contribution in [0.3, 0.4) is 0 Å². The fraction of sp³-hybridized carbons (Fsp3) is 0.286. The summed E-state index contributed by atoms with van der Waals surface area (Å²) in [6.45, 7) is -2.27. The molecule has 0 bridgehead atoms. The van der Waals surface area contributed by atoms with Crippen molar-refractivity contribution in [3.05, 3.63) is 89.5 Å². The number of amides is 2. The van der Waals surface area contributed by atoms with Gasteiger partial charge in [0.25, 0.3) is 0 Å². The standard InChI is InChI=1S/C28H23F9N2O6/c1-42-23(40)15-43-20-10-8-17(9-11-20)14-25(39-24(41)38-16-26(29,30)31,18-4-2-6-21(12-18)44-27(32,33)34)19-5-3-7-22(13-19)45-28(35,36)37/h2-13H,14-16H2,1H3,(H2,38,39,41). The molecule has 8 nitrogen and oxygen atoms in total. The number of alkyl halides is 9. The van der Waals surface area contributed by atoms with Gasteiger partial charge < -0.3 is 29.6 Å². The highest BCUT2D eigenvalue weighted by Gasteiger charge is 2.40. The van der Waals surface area contributed by atoms with Crippen molar-refractivity contribution in [2.24, 2.45) is 0 Å². The molecule has 2 amide bonds. The number of carbonyl (C=O) groups is 2. The van der Waals surface area contributed by atoms with Gasteiger partial charge in [0.05, 0.1) is 12.6 Å². The van der Waals surface area contributed by atoms with Gasteiger partial charge in [0.15, 0.2) is 6.61 Å². The lowest BCUT2D eigenvalue weighted by atomic mass is 9.77. The largest absolute Gasteiger partial charge is 0.573 e. The number of hydrogen-bond acceptors (Lipinski definition) is 6. The Morgan fingerprint density at radius 2 is 1.22 bits per heavy atom. The number of carbonyl (C=O) groups excluding carboxylic acids is 2. The van der Waals surface area contributed by atoms with Crippen LogP contribution in [0, 0.1) is 0 Å². The van der Waals surface area contributed by atoms with Crippen LogP contribution in [0.1, 0.15) is 16.7 Å². The number of esters is 1. The van der Waals surface area contributed by atoms with Gasteiger partial charge in [0, 0.05) is 6.42 Å². The monoisotopic (exact) mass is 654 g/mol. The molecule has 0 aliphatic rings. The summed E-state index contributed by atoms with van der Waals surface area (Å²) in [7, 11) is 1.13. The van der Waals surface area contributed by atoms with E-state index in [1.807, 2.05) is 0 Å². The first kappa shape index (κ1) is 34.7. The Balaban J connectivity index is 2.19. The zero-order valence-corrected chi connectivity index (χ0v) is 22.9. The Morgan fingerprint density at radius 3 is 1.67 bits per heavy atom. The Labute approximate surface area is 249 Å². The van der Waals surface area contributed by atoms with E-state index in [4.69, 9.17) is 4.74 Å². The Morgan fingerprint density at radius 1 is 0.711 bits per heavy atom. The van der Waals surface area contributed by atoms with Gasteiger partial charge in [-0.3, -0.25) is 0 Å². The number of halogens is 9. The third kappa shape index (κ3) is 11.0. The van der Waals surface area contributed by atoms with Crippen molar-refractivity contribution >= 4 is 12.0 Å². The van der Waals surface area contributed by atoms with E-state index in [0.717, 1.165) is 43.5 Å². The average molecular weight is 654 g/mol. The Kier molecular flexibility index (Phi) is 10.7. The first-order valence-electron chi connectivity index (χ1n) is 12.5. The van der Waals surface area contributed by atoms with Crippen LogP contribution in [0.15, 0.2) is 72.8 Å². The lowest BCUT2D eigenvalue weighted by Crippen LogP contribution is -2.53. The second-order valence-corrected chi connectivity index (χ2v) is 9.16. The Hall–Kier alpha value is -4.83. The van der Waals surface area contributed by atoms with E-state index in [-0.39, 0.29) is 22.4 Å². The van der Waals surface area contributed by atoms with Gasteiger partial charge in [-0.15, -0.1) is 26.3 Å². The highest BCUT2D eigenvalue weighted by atomic mass is 19.4. The van der Waals surface area contributed by atoms with Gasteiger partial charge in [-0.1, -0.05) is 36.4 Å². The lowest BCUT2D eigenvalue weighted by molar-refractivity contribution is -0.275. The topological polar surface area (TPSA) is 95.1 Å². The van der Waals surface area contributed by atoms with Gasteiger partial charge in [0.1, 0.15) is 23.8 Å². The fourth-order valence-electron chi connectivity index (χ4n) is 4.11. The molecule has 244 valence electrons. The molecule has 0 spiro atoms. The molecule has 2 N–H and O–H groups in total. The molecular weight excluding hydrogens is 631 g/mol.